The van der Waals surface area contributed by atoms with Crippen molar-refractivity contribution >= 4 is 107 Å². The molecule has 0 fully saturated rings. The van der Waals surface area contributed by atoms with Crippen LogP contribution in [-0.4, -0.2) is 87.7 Å². The Kier molecular flexibility index (Phi) is 20.3. The van der Waals surface area contributed by atoms with E-state index in [-0.39, 0.29) is 17.7 Å². The summed E-state index contributed by atoms with van der Waals surface area (Å²) in [6.45, 7) is 11.2. The first-order chi connectivity index (χ1) is 36.6. The number of unbranched alkanes of at least 4 members (excludes halogenated alkanes) is 3. The standard InChI is InChI=1S/C53H60N2O17S5/c1-34-29-38(74-71-68-59)31-42-40(34)19-21-44-50(42)52(2,3)47(55(44)26-9-11-28-76(61,62)63)23-17-36(37-15-12-14-35(30-37)13-6-7-16-49(56)57)18-24-48-53(4,5)51-43-32-39(77(64,65)66)33-46(75-72-69-60)41(43)20-22-45(51)54(48)25-8-10-27-73-70-67-58/h12,14-15,17-24,29-33H,6-11,13,16,25-28H2,1-5H3,(H5-,56,57,58,59,60,61,62,63,64,65,66)/p+1. The van der Waals surface area contributed by atoms with Crippen LogP contribution in [0, 0.1) is 6.92 Å². The van der Waals surface area contributed by atoms with Crippen molar-refractivity contribution in [3.05, 3.63) is 131 Å². The number of rotatable bonds is 28. The Labute approximate surface area is 459 Å². The molecule has 0 aromatic heterocycles. The van der Waals surface area contributed by atoms with E-state index in [1.807, 2.05) is 81.5 Å². The molecular weight excluding hydrogens is 1100 g/mol. The van der Waals surface area contributed by atoms with Crippen molar-refractivity contribution in [1.82, 2.24) is 0 Å². The van der Waals surface area contributed by atoms with Gasteiger partial charge in [0, 0.05) is 81.5 Å². The van der Waals surface area contributed by atoms with Crippen molar-refractivity contribution in [1.29, 1.82) is 0 Å². The van der Waals surface area contributed by atoms with Crippen LogP contribution in [0.25, 0.3) is 27.1 Å². The lowest BCUT2D eigenvalue weighted by Gasteiger charge is -2.27. The summed E-state index contributed by atoms with van der Waals surface area (Å²) in [6.07, 6.45) is 12.0. The lowest BCUT2D eigenvalue weighted by Crippen LogP contribution is -2.28. The molecule has 0 aliphatic carbocycles. The largest absolute Gasteiger partial charge is 0.481 e. The number of hydrogen-bond donors (Lipinski definition) is 6. The molecular formula is C53H61N2O17S5+. The van der Waals surface area contributed by atoms with Crippen molar-refractivity contribution in [2.75, 3.05) is 29.5 Å². The van der Waals surface area contributed by atoms with E-state index in [2.05, 4.69) is 61.0 Å². The second-order valence-electron chi connectivity index (χ2n) is 19.6. The summed E-state index contributed by atoms with van der Waals surface area (Å²) < 4.78 is 85.6. The molecule has 24 heteroatoms. The third-order valence-corrected chi connectivity index (χ3v) is 17.3. The molecule has 6 N–H and O–H groups in total. The van der Waals surface area contributed by atoms with Crippen LogP contribution in [0.1, 0.15) is 100 Å². The summed E-state index contributed by atoms with van der Waals surface area (Å²) >= 11 is 2.38. The quantitative estimate of drug-likeness (QED) is 0.00517. The molecule has 19 nitrogen and oxygen atoms in total. The van der Waals surface area contributed by atoms with Crippen molar-refractivity contribution in [2.24, 2.45) is 0 Å². The fourth-order valence-electron chi connectivity index (χ4n) is 10.5. The van der Waals surface area contributed by atoms with E-state index in [0.717, 1.165) is 91.0 Å². The van der Waals surface area contributed by atoms with Gasteiger partial charge in [-0.2, -0.15) is 21.4 Å². The highest BCUT2D eigenvalue weighted by atomic mass is 32.2. The zero-order chi connectivity index (χ0) is 55.7. The summed E-state index contributed by atoms with van der Waals surface area (Å²) in [5.74, 6) is -0.758. The van der Waals surface area contributed by atoms with Crippen molar-refractivity contribution in [3.63, 3.8) is 0 Å². The molecule has 0 radical (unpaired) electrons. The Hall–Kier alpha value is -4.71. The number of benzene rings is 5. The van der Waals surface area contributed by atoms with Gasteiger partial charge in [-0.1, -0.05) is 65.4 Å². The van der Waals surface area contributed by atoms with Gasteiger partial charge in [0.1, 0.15) is 6.54 Å². The summed E-state index contributed by atoms with van der Waals surface area (Å²) in [7, 11) is -8.94. The predicted molar refractivity (Wildman–Crippen MR) is 296 cm³/mol. The number of aryl methyl sites for hydroxylation is 2. The third kappa shape index (κ3) is 14.4. The molecule has 0 saturated heterocycles. The van der Waals surface area contributed by atoms with Crippen LogP contribution >= 0.6 is 36.1 Å². The number of hydrogen-bond acceptors (Lipinski definition) is 18. The number of anilines is 1. The van der Waals surface area contributed by atoms with Gasteiger partial charge in [-0.3, -0.25) is 13.9 Å². The van der Waals surface area contributed by atoms with Crippen molar-refractivity contribution in [2.45, 2.75) is 112 Å². The average molecular weight is 1160 g/mol. The molecule has 0 atom stereocenters. The number of allylic oxidation sites excluding steroid dienone is 6. The van der Waals surface area contributed by atoms with E-state index in [1.54, 1.807) is 6.07 Å². The van der Waals surface area contributed by atoms with E-state index >= 15 is 0 Å². The molecule has 2 aliphatic rings. The third-order valence-electron chi connectivity index (χ3n) is 13.8. The maximum absolute atomic E-state index is 12.8. The first kappa shape index (κ1) is 59.9. The lowest BCUT2D eigenvalue weighted by atomic mass is 9.78. The summed E-state index contributed by atoms with van der Waals surface area (Å²) in [6, 6.07) is 22.4. The van der Waals surface area contributed by atoms with Crippen LogP contribution in [0.15, 0.2) is 117 Å². The van der Waals surface area contributed by atoms with E-state index in [1.165, 1.54) is 12.1 Å². The van der Waals surface area contributed by atoms with Gasteiger partial charge in [0.05, 0.1) is 40.1 Å². The number of fused-ring (bicyclic) bond motifs is 6. The molecule has 2 heterocycles. The van der Waals surface area contributed by atoms with Crippen molar-refractivity contribution < 1.29 is 84.3 Å². The molecule has 5 aromatic carbocycles. The van der Waals surface area contributed by atoms with E-state index in [0.29, 0.717) is 85.1 Å². The topological polar surface area (TPSA) is 268 Å². The first-order valence-corrected chi connectivity index (χ1v) is 29.9. The minimum absolute atomic E-state index is 0.0554. The normalized spacial score (nSPS) is 15.9. The number of carbonyl (C=O) groups is 1. The first-order valence-electron chi connectivity index (χ1n) is 24.5. The van der Waals surface area contributed by atoms with Crippen LogP contribution < -0.4 is 4.90 Å². The van der Waals surface area contributed by atoms with Crippen LogP contribution in [0.4, 0.5) is 11.4 Å². The highest BCUT2D eigenvalue weighted by Gasteiger charge is 2.46. The average Bonchev–Trinajstić information content (AvgIpc) is 3.73. The van der Waals surface area contributed by atoms with Gasteiger partial charge in [-0.05, 0) is 157 Å². The monoisotopic (exact) mass is 1160 g/mol. The van der Waals surface area contributed by atoms with Crippen molar-refractivity contribution in [3.8, 4) is 0 Å². The number of carboxylic acids is 1. The van der Waals surface area contributed by atoms with Crippen LogP contribution in [0.3, 0.4) is 0 Å². The molecule has 0 amide bonds. The molecule has 5 aromatic rings. The summed E-state index contributed by atoms with van der Waals surface area (Å²) in [5, 5.41) is 50.7. The zero-order valence-electron chi connectivity index (χ0n) is 42.8. The molecule has 0 spiro atoms. The number of aliphatic carboxylic acids is 1. The van der Waals surface area contributed by atoms with Crippen LogP contribution in [-0.2, 0) is 70.4 Å². The van der Waals surface area contributed by atoms with Gasteiger partial charge < -0.3 is 10.0 Å². The maximum atomic E-state index is 12.8. The number of carboxylic acid groups (broad SMARTS) is 1. The molecule has 0 bridgehead atoms. The Bertz CT molecular complexity index is 3360. The highest BCUT2D eigenvalue weighted by Crippen LogP contribution is 2.52. The van der Waals surface area contributed by atoms with E-state index < -0.39 is 47.7 Å². The van der Waals surface area contributed by atoms with Gasteiger partial charge in [0.25, 0.3) is 20.2 Å². The van der Waals surface area contributed by atoms with Crippen LogP contribution in [0.5, 0.6) is 0 Å². The van der Waals surface area contributed by atoms with Gasteiger partial charge in [0.15, 0.2) is 5.71 Å². The fourth-order valence-corrected chi connectivity index (χ4v) is 13.1. The second-order valence-corrected chi connectivity index (χ2v) is 24.9. The molecule has 77 heavy (non-hydrogen) atoms. The van der Waals surface area contributed by atoms with E-state index in [9.17, 15) is 35.8 Å². The Morgan fingerprint density at radius 1 is 0.753 bits per heavy atom. The summed E-state index contributed by atoms with van der Waals surface area (Å²) in [4.78, 5) is 14.1. The number of nitrogens with zero attached hydrogens (tertiary/aromatic N) is 2. The molecule has 2 aliphatic heterocycles. The van der Waals surface area contributed by atoms with Gasteiger partial charge in [0.2, 0.25) is 5.69 Å². The molecule has 0 unspecified atom stereocenters. The Morgan fingerprint density at radius 2 is 1.48 bits per heavy atom. The maximum Gasteiger partial charge on any atom is 0.303 e. The Balaban J connectivity index is 1.42. The van der Waals surface area contributed by atoms with Crippen LogP contribution in [0.2, 0.25) is 0 Å². The van der Waals surface area contributed by atoms with Gasteiger partial charge >= 0.3 is 5.97 Å². The zero-order valence-corrected chi connectivity index (χ0v) is 46.9. The SMILES string of the molecule is Cc1cc(SOOO)cc2c3c(ccc12)N(CCCCS(=O)(=O)O)/C(=C/C=C(/C=C/C1=[N+](CCCCSOOO)c2ccc4c(SOOO)cc(S(=O)(=O)O)cc4c2C1(C)C)c1cccc(CCCCC(=O)O)c1)C3(C)C. The Morgan fingerprint density at radius 3 is 2.19 bits per heavy atom. The molecule has 414 valence electrons. The predicted octanol–water partition coefficient (Wildman–Crippen LogP) is 12.4. The highest BCUT2D eigenvalue weighted by molar-refractivity contribution is 7.95. The van der Waals surface area contributed by atoms with Gasteiger partial charge in [-0.25, -0.2) is 15.8 Å². The minimum atomic E-state index is -4.73. The minimum Gasteiger partial charge on any atom is -0.481 e. The second kappa shape index (κ2) is 26.0. The van der Waals surface area contributed by atoms with Gasteiger partial charge in [-0.15, -0.1) is 13.0 Å². The lowest BCUT2D eigenvalue weighted by molar-refractivity contribution is -0.438. The fraction of sp³-hybridized carbons (Fsp3) is 0.358. The molecule has 7 rings (SSSR count). The smallest absolute Gasteiger partial charge is 0.303 e. The summed E-state index contributed by atoms with van der Waals surface area (Å²) in [5.41, 5.74) is 7.28. The van der Waals surface area contributed by atoms with E-state index in [4.69, 9.17) is 24.4 Å². The molecule has 0 saturated carbocycles.